The van der Waals surface area contributed by atoms with Crippen LogP contribution in [0.4, 0.5) is 0 Å². The van der Waals surface area contributed by atoms with Gasteiger partial charge in [-0.05, 0) is 35.8 Å². The lowest BCUT2D eigenvalue weighted by Gasteiger charge is -2.14. The summed E-state index contributed by atoms with van der Waals surface area (Å²) in [4.78, 5) is 15.0. The first-order valence-electron chi connectivity index (χ1n) is 7.52. The van der Waals surface area contributed by atoms with Crippen molar-refractivity contribution in [1.82, 2.24) is 4.90 Å². The van der Waals surface area contributed by atoms with Gasteiger partial charge >= 0.3 is 0 Å². The Balaban J connectivity index is 1.83. The molecule has 2 aromatic rings. The van der Waals surface area contributed by atoms with Gasteiger partial charge in [0, 0.05) is 0 Å². The number of ether oxygens (including phenoxy) is 1. The second-order valence-corrected chi connectivity index (χ2v) is 7.16. The molecular formula is C19H17NO2S2. The first-order valence-corrected chi connectivity index (χ1v) is 8.75. The number of nitrogens with zero attached hydrogens (tertiary/aromatic N) is 1. The summed E-state index contributed by atoms with van der Waals surface area (Å²) in [6.07, 6.45) is 1.87. The second-order valence-electron chi connectivity index (χ2n) is 5.48. The van der Waals surface area contributed by atoms with Crippen LogP contribution in [0.15, 0.2) is 53.4 Å². The highest BCUT2D eigenvalue weighted by Gasteiger charge is 2.31. The van der Waals surface area contributed by atoms with E-state index >= 15 is 0 Å². The van der Waals surface area contributed by atoms with E-state index in [-0.39, 0.29) is 5.91 Å². The van der Waals surface area contributed by atoms with E-state index in [0.29, 0.717) is 15.8 Å². The van der Waals surface area contributed by atoms with Gasteiger partial charge in [-0.2, -0.15) is 0 Å². The third kappa shape index (κ3) is 3.52. The third-order valence-corrected chi connectivity index (χ3v) is 5.16. The van der Waals surface area contributed by atoms with E-state index in [1.54, 1.807) is 12.0 Å². The van der Waals surface area contributed by atoms with Crippen LogP contribution in [-0.4, -0.2) is 22.2 Å². The maximum Gasteiger partial charge on any atom is 0.266 e. The Labute approximate surface area is 151 Å². The van der Waals surface area contributed by atoms with Crippen LogP contribution < -0.4 is 4.74 Å². The maximum atomic E-state index is 12.7. The Hall–Kier alpha value is -2.11. The number of amides is 1. The number of aryl methyl sites for hydroxylation is 1. The molecule has 1 fully saturated rings. The molecule has 0 N–H and O–H groups in total. The molecule has 1 heterocycles. The first kappa shape index (κ1) is 16.7. The van der Waals surface area contributed by atoms with Gasteiger partial charge < -0.3 is 4.74 Å². The fourth-order valence-corrected chi connectivity index (χ4v) is 3.74. The van der Waals surface area contributed by atoms with Gasteiger partial charge in [0.05, 0.1) is 18.6 Å². The lowest BCUT2D eigenvalue weighted by Crippen LogP contribution is -2.27. The maximum absolute atomic E-state index is 12.7. The fourth-order valence-electron chi connectivity index (χ4n) is 2.48. The lowest BCUT2D eigenvalue weighted by molar-refractivity contribution is -0.122. The van der Waals surface area contributed by atoms with Crippen molar-refractivity contribution in [2.24, 2.45) is 0 Å². The highest BCUT2D eigenvalue weighted by Crippen LogP contribution is 2.34. The third-order valence-electron chi connectivity index (χ3n) is 3.79. The highest BCUT2D eigenvalue weighted by atomic mass is 32.2. The van der Waals surface area contributed by atoms with Crippen LogP contribution in [0.2, 0.25) is 0 Å². The van der Waals surface area contributed by atoms with Crippen molar-refractivity contribution in [3.05, 3.63) is 70.1 Å². The zero-order valence-electron chi connectivity index (χ0n) is 13.5. The quantitative estimate of drug-likeness (QED) is 0.600. The molecule has 5 heteroatoms. The largest absolute Gasteiger partial charge is 0.496 e. The Morgan fingerprint density at radius 3 is 2.67 bits per heavy atom. The molecular weight excluding hydrogens is 338 g/mol. The average Bonchev–Trinajstić information content (AvgIpc) is 2.85. The molecule has 0 spiro atoms. The van der Waals surface area contributed by atoms with Crippen molar-refractivity contribution in [1.29, 1.82) is 0 Å². The number of hydrogen-bond donors (Lipinski definition) is 0. The Kier molecular flexibility index (Phi) is 5.02. The summed E-state index contributed by atoms with van der Waals surface area (Å²) in [6, 6.07) is 15.7. The van der Waals surface area contributed by atoms with Gasteiger partial charge in [0.1, 0.15) is 10.1 Å². The van der Waals surface area contributed by atoms with E-state index in [4.69, 9.17) is 17.0 Å². The van der Waals surface area contributed by atoms with Gasteiger partial charge in [-0.15, -0.1) is 0 Å². The lowest BCUT2D eigenvalue weighted by atomic mass is 10.1. The highest BCUT2D eigenvalue weighted by molar-refractivity contribution is 8.26. The van der Waals surface area contributed by atoms with Gasteiger partial charge in [-0.25, -0.2) is 0 Å². The van der Waals surface area contributed by atoms with Crippen molar-refractivity contribution < 1.29 is 9.53 Å². The van der Waals surface area contributed by atoms with E-state index in [1.807, 2.05) is 61.5 Å². The topological polar surface area (TPSA) is 29.5 Å². The second kappa shape index (κ2) is 7.20. The summed E-state index contributed by atoms with van der Waals surface area (Å²) in [5.41, 5.74) is 3.05. The zero-order valence-corrected chi connectivity index (χ0v) is 15.1. The minimum absolute atomic E-state index is 0.0478. The van der Waals surface area contributed by atoms with Crippen LogP contribution in [0.3, 0.4) is 0 Å². The molecule has 0 saturated carbocycles. The van der Waals surface area contributed by atoms with Crippen LogP contribution in [0.5, 0.6) is 5.75 Å². The molecule has 0 unspecified atom stereocenters. The summed E-state index contributed by atoms with van der Waals surface area (Å²) >= 11 is 6.72. The zero-order chi connectivity index (χ0) is 17.1. The van der Waals surface area contributed by atoms with E-state index in [2.05, 4.69) is 0 Å². The molecule has 24 heavy (non-hydrogen) atoms. The summed E-state index contributed by atoms with van der Waals surface area (Å²) in [7, 11) is 1.64. The molecule has 1 amide bonds. The minimum Gasteiger partial charge on any atom is -0.496 e. The van der Waals surface area contributed by atoms with Crippen molar-refractivity contribution in [2.45, 2.75) is 13.5 Å². The van der Waals surface area contributed by atoms with Gasteiger partial charge in [0.2, 0.25) is 0 Å². The molecule has 1 aliphatic heterocycles. The molecule has 0 radical (unpaired) electrons. The Morgan fingerprint density at radius 1 is 1.21 bits per heavy atom. The van der Waals surface area contributed by atoms with E-state index in [9.17, 15) is 4.79 Å². The van der Waals surface area contributed by atoms with Gasteiger partial charge in [-0.3, -0.25) is 9.69 Å². The van der Waals surface area contributed by atoms with Crippen LogP contribution >= 0.6 is 24.0 Å². The summed E-state index contributed by atoms with van der Waals surface area (Å²) in [6.45, 7) is 2.49. The van der Waals surface area contributed by atoms with E-state index in [1.165, 1.54) is 11.8 Å². The van der Waals surface area contributed by atoms with Crippen LogP contribution in [0, 0.1) is 6.92 Å². The normalized spacial score (nSPS) is 16.1. The number of benzene rings is 2. The van der Waals surface area contributed by atoms with Gasteiger partial charge in [0.25, 0.3) is 5.91 Å². The molecule has 0 aliphatic carbocycles. The smallest absolute Gasteiger partial charge is 0.266 e. The number of hydrogen-bond acceptors (Lipinski definition) is 4. The summed E-state index contributed by atoms with van der Waals surface area (Å²) in [5.74, 6) is 0.761. The molecule has 1 aliphatic rings. The van der Waals surface area contributed by atoms with E-state index in [0.717, 1.165) is 22.4 Å². The number of carbonyl (C=O) groups excluding carboxylic acids is 1. The molecule has 122 valence electrons. The number of rotatable bonds is 4. The Morgan fingerprint density at radius 2 is 1.96 bits per heavy atom. The number of carbonyl (C=O) groups is 1. The van der Waals surface area contributed by atoms with Crippen LogP contribution in [0.25, 0.3) is 6.08 Å². The minimum atomic E-state index is -0.0478. The van der Waals surface area contributed by atoms with Crippen molar-refractivity contribution in [3.63, 3.8) is 0 Å². The van der Waals surface area contributed by atoms with E-state index < -0.39 is 0 Å². The van der Waals surface area contributed by atoms with Crippen molar-refractivity contribution in [2.75, 3.05) is 7.11 Å². The number of methoxy groups -OCH3 is 1. The first-order chi connectivity index (χ1) is 11.6. The van der Waals surface area contributed by atoms with Gasteiger partial charge in [-0.1, -0.05) is 66.4 Å². The summed E-state index contributed by atoms with van der Waals surface area (Å²) < 4.78 is 5.93. The molecule has 0 bridgehead atoms. The molecule has 3 rings (SSSR count). The Bertz CT molecular complexity index is 815. The average molecular weight is 355 g/mol. The standard InChI is InChI=1S/C19H17NO2S2/c1-13-8-9-15(10-16(13)22-2)11-17-18(21)20(19(23)24-17)12-14-6-4-3-5-7-14/h3-11H,12H2,1-2H3/b17-11-. The molecule has 1 saturated heterocycles. The monoisotopic (exact) mass is 355 g/mol. The van der Waals surface area contributed by atoms with Gasteiger partial charge in [0.15, 0.2) is 0 Å². The fraction of sp³-hybridized carbons (Fsp3) is 0.158. The molecule has 0 atom stereocenters. The summed E-state index contributed by atoms with van der Waals surface area (Å²) in [5, 5.41) is 0. The molecule has 2 aromatic carbocycles. The van der Waals surface area contributed by atoms with Crippen molar-refractivity contribution >= 4 is 40.3 Å². The van der Waals surface area contributed by atoms with Crippen LogP contribution in [0.1, 0.15) is 16.7 Å². The molecule has 0 aromatic heterocycles. The SMILES string of the molecule is COc1cc(/C=C2\SC(=S)N(Cc3ccccc3)C2=O)ccc1C. The van der Waals surface area contributed by atoms with Crippen LogP contribution in [-0.2, 0) is 11.3 Å². The number of thiocarbonyl (C=S) groups is 1. The van der Waals surface area contributed by atoms with Crippen molar-refractivity contribution in [3.8, 4) is 5.75 Å². The predicted octanol–water partition coefficient (Wildman–Crippen LogP) is 4.41. The predicted molar refractivity (Wildman–Crippen MR) is 103 cm³/mol. The number of thioether (sulfide) groups is 1. The molecule has 3 nitrogen and oxygen atoms in total.